The van der Waals surface area contributed by atoms with Gasteiger partial charge in [-0.15, -0.1) is 11.6 Å². The molecule has 0 spiro atoms. The lowest BCUT2D eigenvalue weighted by Crippen LogP contribution is -2.40. The lowest BCUT2D eigenvalue weighted by Gasteiger charge is -2.14. The van der Waals surface area contributed by atoms with E-state index >= 15 is 0 Å². The highest BCUT2D eigenvalue weighted by Crippen LogP contribution is 2.20. The molecular weight excluding hydrogens is 324 g/mol. The summed E-state index contributed by atoms with van der Waals surface area (Å²) in [5, 5.41) is 7.96. The minimum absolute atomic E-state index is 0.0929. The van der Waals surface area contributed by atoms with Gasteiger partial charge >= 0.3 is 0 Å². The number of hydrogen-bond donors (Lipinski definition) is 1. The zero-order chi connectivity index (χ0) is 15.0. The summed E-state index contributed by atoms with van der Waals surface area (Å²) in [5.74, 6) is -0.571. The van der Waals surface area contributed by atoms with E-state index in [1.807, 2.05) is 6.07 Å². The fourth-order valence-corrected chi connectivity index (χ4v) is 5.96. The molecule has 0 saturated carbocycles. The van der Waals surface area contributed by atoms with E-state index in [2.05, 4.69) is 4.72 Å². The van der Waals surface area contributed by atoms with E-state index in [9.17, 15) is 16.8 Å². The minimum Gasteiger partial charge on any atom is -0.229 e. The summed E-state index contributed by atoms with van der Waals surface area (Å²) in [4.78, 5) is -0.0929. The van der Waals surface area contributed by atoms with Crippen molar-refractivity contribution in [2.24, 2.45) is 0 Å². The van der Waals surface area contributed by atoms with E-state index in [4.69, 9.17) is 16.9 Å². The number of nitrogens with zero attached hydrogens (tertiary/aromatic N) is 1. The Morgan fingerprint density at radius 2 is 2.05 bits per heavy atom. The molecule has 0 unspecified atom stereocenters. The highest BCUT2D eigenvalue weighted by molar-refractivity contribution is 7.92. The van der Waals surface area contributed by atoms with E-state index in [0.29, 0.717) is 0 Å². The molecule has 0 bridgehead atoms. The van der Waals surface area contributed by atoms with Crippen LogP contribution in [0.5, 0.6) is 0 Å². The fraction of sp³-hybridized carbons (Fsp3) is 0.364. The second-order valence-corrected chi connectivity index (χ2v) is 8.89. The van der Waals surface area contributed by atoms with Gasteiger partial charge in [-0.05, 0) is 18.2 Å². The maximum absolute atomic E-state index is 12.1. The third kappa shape index (κ3) is 3.30. The fourth-order valence-electron chi connectivity index (χ4n) is 1.91. The summed E-state index contributed by atoms with van der Waals surface area (Å²) in [6.07, 6.45) is 0. The lowest BCUT2D eigenvalue weighted by atomic mass is 10.2. The van der Waals surface area contributed by atoms with Crippen molar-refractivity contribution in [3.8, 4) is 6.07 Å². The Bertz CT molecular complexity index is 768. The number of alkyl halides is 1. The van der Waals surface area contributed by atoms with Gasteiger partial charge in [0.05, 0.1) is 39.5 Å². The summed E-state index contributed by atoms with van der Waals surface area (Å²) in [5.41, 5.74) is 0.203. The van der Waals surface area contributed by atoms with E-state index in [0.717, 1.165) is 0 Å². The average Bonchev–Trinajstić information content (AvgIpc) is 2.61. The Kier molecular flexibility index (Phi) is 4.07. The molecule has 2 atom stereocenters. The second kappa shape index (κ2) is 5.33. The van der Waals surface area contributed by atoms with Crippen molar-refractivity contribution >= 4 is 31.5 Å². The molecule has 1 aliphatic heterocycles. The number of sulfonamides is 1. The molecule has 1 aliphatic rings. The summed E-state index contributed by atoms with van der Waals surface area (Å²) >= 11 is 5.86. The minimum atomic E-state index is -3.91. The molecule has 1 N–H and O–H groups in total. The van der Waals surface area contributed by atoms with Crippen LogP contribution in [0.4, 0.5) is 0 Å². The Balaban J connectivity index is 2.26. The van der Waals surface area contributed by atoms with Crippen LogP contribution >= 0.6 is 11.6 Å². The van der Waals surface area contributed by atoms with Crippen LogP contribution in [0.1, 0.15) is 5.56 Å². The molecule has 1 fully saturated rings. The van der Waals surface area contributed by atoms with Gasteiger partial charge < -0.3 is 0 Å². The smallest absolute Gasteiger partial charge is 0.229 e. The molecule has 108 valence electrons. The molecule has 0 amide bonds. The molecule has 0 aliphatic carbocycles. The first-order valence-corrected chi connectivity index (χ1v) is 9.34. The number of sulfone groups is 1. The molecule has 20 heavy (non-hydrogen) atoms. The summed E-state index contributed by atoms with van der Waals surface area (Å²) in [6.45, 7) is 0. The lowest BCUT2D eigenvalue weighted by molar-refractivity contribution is 0.563. The van der Waals surface area contributed by atoms with Gasteiger partial charge in [0.1, 0.15) is 0 Å². The third-order valence-electron chi connectivity index (χ3n) is 2.86. The first-order valence-electron chi connectivity index (χ1n) is 5.60. The molecule has 1 aromatic rings. The Morgan fingerprint density at radius 3 is 2.60 bits per heavy atom. The van der Waals surface area contributed by atoms with Gasteiger partial charge in [-0.25, -0.2) is 21.6 Å². The van der Waals surface area contributed by atoms with E-state index in [1.165, 1.54) is 24.3 Å². The Hall–Kier alpha value is -1.14. The van der Waals surface area contributed by atoms with E-state index < -0.39 is 31.3 Å². The SMILES string of the molecule is N#Cc1cccc(S(=O)(=O)N[C@H]2CS(=O)(=O)C[C@H]2Cl)c1. The third-order valence-corrected chi connectivity index (χ3v) is 6.73. The van der Waals surface area contributed by atoms with Crippen LogP contribution in [0, 0.1) is 11.3 Å². The van der Waals surface area contributed by atoms with Crippen molar-refractivity contribution < 1.29 is 16.8 Å². The van der Waals surface area contributed by atoms with Gasteiger partial charge in [0.25, 0.3) is 0 Å². The summed E-state index contributed by atoms with van der Waals surface area (Å²) < 4.78 is 49.4. The van der Waals surface area contributed by atoms with Gasteiger partial charge in [-0.3, -0.25) is 0 Å². The molecule has 0 radical (unpaired) electrons. The molecule has 9 heteroatoms. The monoisotopic (exact) mass is 334 g/mol. The molecule has 6 nitrogen and oxygen atoms in total. The Labute approximate surface area is 122 Å². The molecule has 0 aromatic heterocycles. The number of rotatable bonds is 3. The zero-order valence-corrected chi connectivity index (χ0v) is 12.5. The largest absolute Gasteiger partial charge is 0.240 e. The number of nitrogens with one attached hydrogen (secondary N) is 1. The van der Waals surface area contributed by atoms with Crippen molar-refractivity contribution in [2.75, 3.05) is 11.5 Å². The second-order valence-electron chi connectivity index (χ2n) is 4.46. The van der Waals surface area contributed by atoms with Gasteiger partial charge in [-0.1, -0.05) is 6.07 Å². The van der Waals surface area contributed by atoms with Crippen molar-refractivity contribution in [3.05, 3.63) is 29.8 Å². The van der Waals surface area contributed by atoms with Crippen molar-refractivity contribution in [1.82, 2.24) is 4.72 Å². The van der Waals surface area contributed by atoms with Crippen LogP contribution in [0.2, 0.25) is 0 Å². The molecule has 1 aromatic carbocycles. The topological polar surface area (TPSA) is 104 Å². The molecule has 1 saturated heterocycles. The van der Waals surface area contributed by atoms with Gasteiger partial charge in [0, 0.05) is 0 Å². The van der Waals surface area contributed by atoms with Gasteiger partial charge in [0.15, 0.2) is 9.84 Å². The van der Waals surface area contributed by atoms with Crippen LogP contribution in [-0.2, 0) is 19.9 Å². The van der Waals surface area contributed by atoms with Gasteiger partial charge in [-0.2, -0.15) is 5.26 Å². The normalized spacial score (nSPS) is 25.2. The number of halogens is 1. The first-order chi connectivity index (χ1) is 9.23. The van der Waals surface area contributed by atoms with Crippen LogP contribution in [-0.4, -0.2) is 39.8 Å². The molecular formula is C11H11ClN2O4S2. The van der Waals surface area contributed by atoms with Crippen LogP contribution in [0.15, 0.2) is 29.2 Å². The predicted molar refractivity (Wildman–Crippen MR) is 73.6 cm³/mol. The van der Waals surface area contributed by atoms with Crippen LogP contribution in [0.3, 0.4) is 0 Å². The maximum atomic E-state index is 12.1. The van der Waals surface area contributed by atoms with Crippen molar-refractivity contribution in [2.45, 2.75) is 16.3 Å². The van der Waals surface area contributed by atoms with Crippen LogP contribution in [0.25, 0.3) is 0 Å². The number of hydrogen-bond acceptors (Lipinski definition) is 5. The van der Waals surface area contributed by atoms with Crippen molar-refractivity contribution in [1.29, 1.82) is 5.26 Å². The quantitative estimate of drug-likeness (QED) is 0.797. The summed E-state index contributed by atoms with van der Waals surface area (Å²) in [7, 11) is -7.23. The first kappa shape index (κ1) is 15.3. The Morgan fingerprint density at radius 1 is 1.35 bits per heavy atom. The maximum Gasteiger partial charge on any atom is 0.240 e. The molecule has 2 rings (SSSR count). The number of benzene rings is 1. The highest BCUT2D eigenvalue weighted by Gasteiger charge is 2.38. The van der Waals surface area contributed by atoms with E-state index in [1.54, 1.807) is 0 Å². The highest BCUT2D eigenvalue weighted by atomic mass is 35.5. The van der Waals surface area contributed by atoms with Gasteiger partial charge in [0.2, 0.25) is 10.0 Å². The average molecular weight is 335 g/mol. The van der Waals surface area contributed by atoms with Crippen LogP contribution < -0.4 is 4.72 Å². The number of nitriles is 1. The van der Waals surface area contributed by atoms with Crippen molar-refractivity contribution in [3.63, 3.8) is 0 Å². The standard InChI is InChI=1S/C11H11ClN2O4S2/c12-10-6-19(15,16)7-11(10)14-20(17,18)9-3-1-2-8(4-9)5-13/h1-4,10-11,14H,6-7H2/t10-,11+/m1/s1. The zero-order valence-electron chi connectivity index (χ0n) is 10.2. The molecule has 1 heterocycles. The van der Waals surface area contributed by atoms with E-state index in [-0.39, 0.29) is 22.0 Å². The predicted octanol–water partition coefficient (Wildman–Crippen LogP) is 0.241. The summed E-state index contributed by atoms with van der Waals surface area (Å²) in [6, 6.07) is 6.44.